The van der Waals surface area contributed by atoms with Crippen molar-refractivity contribution in [3.8, 4) is 0 Å². The monoisotopic (exact) mass is 228 g/mol. The Kier molecular flexibility index (Phi) is 4.58. The van der Waals surface area contributed by atoms with Crippen LogP contribution in [0.15, 0.2) is 0 Å². The van der Waals surface area contributed by atoms with Crippen LogP contribution in [0.2, 0.25) is 0 Å². The predicted octanol–water partition coefficient (Wildman–Crippen LogP) is 0.474. The molecule has 0 radical (unpaired) electrons. The Morgan fingerprint density at radius 3 is 3.00 bits per heavy atom. The summed E-state index contributed by atoms with van der Waals surface area (Å²) in [7, 11) is 0. The van der Waals surface area contributed by atoms with Gasteiger partial charge in [0.2, 0.25) is 0 Å². The Morgan fingerprint density at radius 1 is 1.44 bits per heavy atom. The van der Waals surface area contributed by atoms with Crippen molar-refractivity contribution in [3.05, 3.63) is 0 Å². The second kappa shape index (κ2) is 5.96. The maximum absolute atomic E-state index is 5.57. The van der Waals surface area contributed by atoms with Crippen molar-refractivity contribution in [2.45, 2.75) is 38.5 Å². The minimum atomic E-state index is 0.381. The van der Waals surface area contributed by atoms with Gasteiger partial charge in [-0.3, -0.25) is 4.90 Å². The van der Waals surface area contributed by atoms with E-state index >= 15 is 0 Å². The molecule has 94 valence electrons. The number of hydrogen-bond donors (Lipinski definition) is 1. The first-order chi connectivity index (χ1) is 7.75. The lowest BCUT2D eigenvalue weighted by Gasteiger charge is -2.37. The summed E-state index contributed by atoms with van der Waals surface area (Å²) in [6, 6.07) is 1.15. The largest absolute Gasteiger partial charge is 0.379 e. The molecule has 2 heterocycles. The fourth-order valence-electron chi connectivity index (χ4n) is 2.58. The molecule has 4 nitrogen and oxygen atoms in total. The molecule has 0 aromatic rings. The molecular formula is C12H24N2O2. The molecule has 3 atom stereocenters. The lowest BCUT2D eigenvalue weighted by molar-refractivity contribution is -0.0365. The Bertz CT molecular complexity index is 207. The van der Waals surface area contributed by atoms with Crippen LogP contribution in [-0.2, 0) is 9.47 Å². The van der Waals surface area contributed by atoms with Gasteiger partial charge in [0.1, 0.15) is 0 Å². The highest BCUT2D eigenvalue weighted by Crippen LogP contribution is 2.13. The summed E-state index contributed by atoms with van der Waals surface area (Å²) in [4.78, 5) is 2.53. The van der Waals surface area contributed by atoms with Gasteiger partial charge in [-0.25, -0.2) is 0 Å². The zero-order chi connectivity index (χ0) is 11.4. The molecule has 2 aliphatic rings. The highest BCUT2D eigenvalue weighted by molar-refractivity contribution is 4.80. The van der Waals surface area contributed by atoms with Crippen LogP contribution < -0.4 is 5.32 Å². The maximum atomic E-state index is 5.57. The molecule has 16 heavy (non-hydrogen) atoms. The molecule has 2 rings (SSSR count). The summed E-state index contributed by atoms with van der Waals surface area (Å²) in [5.41, 5.74) is 0. The summed E-state index contributed by atoms with van der Waals surface area (Å²) in [5, 5.41) is 3.52. The molecule has 3 unspecified atom stereocenters. The minimum absolute atomic E-state index is 0.381. The van der Waals surface area contributed by atoms with E-state index in [1.165, 1.54) is 6.42 Å². The highest BCUT2D eigenvalue weighted by Gasteiger charge is 2.24. The Labute approximate surface area is 98.3 Å². The molecule has 0 aromatic heterocycles. The van der Waals surface area contributed by atoms with Crippen molar-refractivity contribution in [3.63, 3.8) is 0 Å². The number of rotatable bonds is 3. The summed E-state index contributed by atoms with van der Waals surface area (Å²) in [6.07, 6.45) is 1.55. The Balaban J connectivity index is 1.75. The first kappa shape index (κ1) is 12.3. The molecule has 0 spiro atoms. The van der Waals surface area contributed by atoms with Gasteiger partial charge in [-0.15, -0.1) is 0 Å². The third-order valence-electron chi connectivity index (χ3n) is 3.52. The zero-order valence-electron chi connectivity index (χ0n) is 10.4. The van der Waals surface area contributed by atoms with Gasteiger partial charge in [0.15, 0.2) is 0 Å². The fourth-order valence-corrected chi connectivity index (χ4v) is 2.58. The second-order valence-corrected chi connectivity index (χ2v) is 4.99. The van der Waals surface area contributed by atoms with Crippen LogP contribution in [0, 0.1) is 0 Å². The van der Waals surface area contributed by atoms with E-state index in [1.54, 1.807) is 0 Å². The molecule has 4 heteroatoms. The van der Waals surface area contributed by atoms with E-state index in [1.807, 2.05) is 0 Å². The molecule has 0 aromatic carbocycles. The molecule has 0 saturated carbocycles. The zero-order valence-corrected chi connectivity index (χ0v) is 10.4. The van der Waals surface area contributed by atoms with Crippen molar-refractivity contribution in [2.24, 2.45) is 0 Å². The summed E-state index contributed by atoms with van der Waals surface area (Å²) in [6.45, 7) is 10.2. The average Bonchev–Trinajstić information content (AvgIpc) is 2.30. The van der Waals surface area contributed by atoms with Gasteiger partial charge in [-0.1, -0.05) is 0 Å². The number of morpholine rings is 2. The summed E-state index contributed by atoms with van der Waals surface area (Å²) < 4.78 is 11.1. The topological polar surface area (TPSA) is 33.7 Å². The van der Waals surface area contributed by atoms with E-state index in [0.29, 0.717) is 18.2 Å². The van der Waals surface area contributed by atoms with E-state index in [4.69, 9.17) is 9.47 Å². The van der Waals surface area contributed by atoms with E-state index in [2.05, 4.69) is 24.1 Å². The predicted molar refractivity (Wildman–Crippen MR) is 63.7 cm³/mol. The summed E-state index contributed by atoms with van der Waals surface area (Å²) in [5.74, 6) is 0. The molecule has 2 aliphatic heterocycles. The van der Waals surface area contributed by atoms with E-state index in [9.17, 15) is 0 Å². The second-order valence-electron chi connectivity index (χ2n) is 4.99. The average molecular weight is 228 g/mol. The van der Waals surface area contributed by atoms with Crippen LogP contribution in [0.25, 0.3) is 0 Å². The SMILES string of the molecule is CC1CN(C(C)CC2COCCN2)CCO1. The van der Waals surface area contributed by atoms with Crippen LogP contribution in [0.5, 0.6) is 0 Å². The number of nitrogens with zero attached hydrogens (tertiary/aromatic N) is 1. The first-order valence-electron chi connectivity index (χ1n) is 6.42. The number of nitrogens with one attached hydrogen (secondary N) is 1. The third-order valence-corrected chi connectivity index (χ3v) is 3.52. The normalized spacial score (nSPS) is 34.9. The van der Waals surface area contributed by atoms with E-state index < -0.39 is 0 Å². The highest BCUT2D eigenvalue weighted by atomic mass is 16.5. The van der Waals surface area contributed by atoms with Gasteiger partial charge in [-0.2, -0.15) is 0 Å². The lowest BCUT2D eigenvalue weighted by Crippen LogP contribution is -2.50. The fraction of sp³-hybridized carbons (Fsp3) is 1.00. The molecule has 0 amide bonds. The van der Waals surface area contributed by atoms with Crippen molar-refractivity contribution in [2.75, 3.05) is 39.5 Å². The van der Waals surface area contributed by atoms with Gasteiger partial charge in [-0.05, 0) is 20.3 Å². The van der Waals surface area contributed by atoms with Crippen LogP contribution in [0.1, 0.15) is 20.3 Å². The van der Waals surface area contributed by atoms with Crippen LogP contribution in [0.3, 0.4) is 0 Å². The Hall–Kier alpha value is -0.160. The maximum Gasteiger partial charge on any atom is 0.0674 e. The number of hydrogen-bond acceptors (Lipinski definition) is 4. The molecule has 2 saturated heterocycles. The first-order valence-corrected chi connectivity index (χ1v) is 6.42. The third kappa shape index (κ3) is 3.42. The van der Waals surface area contributed by atoms with Crippen molar-refractivity contribution < 1.29 is 9.47 Å². The molecule has 1 N–H and O–H groups in total. The van der Waals surface area contributed by atoms with Crippen LogP contribution in [0.4, 0.5) is 0 Å². The lowest BCUT2D eigenvalue weighted by atomic mass is 10.1. The quantitative estimate of drug-likeness (QED) is 0.761. The number of ether oxygens (including phenoxy) is 2. The van der Waals surface area contributed by atoms with Gasteiger partial charge in [0.25, 0.3) is 0 Å². The Morgan fingerprint density at radius 2 is 2.31 bits per heavy atom. The summed E-state index contributed by atoms with van der Waals surface area (Å²) >= 11 is 0. The molecule has 2 fully saturated rings. The van der Waals surface area contributed by atoms with Gasteiger partial charge in [0.05, 0.1) is 25.9 Å². The molecule has 0 aliphatic carbocycles. The smallest absolute Gasteiger partial charge is 0.0674 e. The standard InChI is InChI=1S/C12H24N2O2/c1-10(7-12-9-15-5-3-13-12)14-4-6-16-11(2)8-14/h10-13H,3-9H2,1-2H3. The van der Waals surface area contributed by atoms with Gasteiger partial charge >= 0.3 is 0 Å². The molecular weight excluding hydrogens is 204 g/mol. The van der Waals surface area contributed by atoms with Gasteiger partial charge in [0, 0.05) is 31.7 Å². The van der Waals surface area contributed by atoms with Crippen LogP contribution in [-0.4, -0.2) is 62.5 Å². The van der Waals surface area contributed by atoms with Crippen LogP contribution >= 0.6 is 0 Å². The minimum Gasteiger partial charge on any atom is -0.379 e. The molecule has 0 bridgehead atoms. The van der Waals surface area contributed by atoms with E-state index in [-0.39, 0.29) is 0 Å². The van der Waals surface area contributed by atoms with Crippen molar-refractivity contribution >= 4 is 0 Å². The van der Waals surface area contributed by atoms with E-state index in [0.717, 1.165) is 39.5 Å². The van der Waals surface area contributed by atoms with Gasteiger partial charge < -0.3 is 14.8 Å². The van der Waals surface area contributed by atoms with Crippen molar-refractivity contribution in [1.82, 2.24) is 10.2 Å². The van der Waals surface area contributed by atoms with Crippen molar-refractivity contribution in [1.29, 1.82) is 0 Å².